The maximum atomic E-state index is 8.37. The lowest BCUT2D eigenvalue weighted by atomic mass is 10.4. The standard InChI is InChI=1S/C7H6N2/c8-6-7-4-2-1-3-5-9-7/h1-5,9H. The Morgan fingerprint density at radius 1 is 1.33 bits per heavy atom. The molecule has 0 aromatic rings. The molecular formula is C7H6N2. The highest BCUT2D eigenvalue weighted by Crippen LogP contribution is 1.91. The van der Waals surface area contributed by atoms with Gasteiger partial charge in [-0.15, -0.1) is 0 Å². The van der Waals surface area contributed by atoms with Crippen LogP contribution in [0.4, 0.5) is 0 Å². The fourth-order valence-electron chi connectivity index (χ4n) is 0.527. The summed E-state index contributed by atoms with van der Waals surface area (Å²) in [5.41, 5.74) is 0.569. The first kappa shape index (κ1) is 5.64. The van der Waals surface area contributed by atoms with Crippen molar-refractivity contribution in [1.82, 2.24) is 5.32 Å². The zero-order valence-corrected chi connectivity index (χ0v) is 4.83. The Bertz CT molecular complexity index is 216. The second-order valence-electron chi connectivity index (χ2n) is 1.58. The van der Waals surface area contributed by atoms with Crippen LogP contribution in [-0.4, -0.2) is 0 Å². The van der Waals surface area contributed by atoms with Gasteiger partial charge in [-0.05, 0) is 12.2 Å². The third-order valence-corrected chi connectivity index (χ3v) is 0.941. The molecule has 9 heavy (non-hydrogen) atoms. The summed E-state index contributed by atoms with van der Waals surface area (Å²) in [6.07, 6.45) is 8.95. The first-order valence-corrected chi connectivity index (χ1v) is 2.63. The van der Waals surface area contributed by atoms with Gasteiger partial charge < -0.3 is 5.32 Å². The smallest absolute Gasteiger partial charge is 0.117 e. The van der Waals surface area contributed by atoms with Gasteiger partial charge in [-0.25, -0.2) is 0 Å². The highest BCUT2D eigenvalue weighted by Gasteiger charge is 1.87. The molecule has 0 saturated carbocycles. The van der Waals surface area contributed by atoms with Gasteiger partial charge in [-0.3, -0.25) is 0 Å². The first-order valence-electron chi connectivity index (χ1n) is 2.63. The van der Waals surface area contributed by atoms with Gasteiger partial charge in [0.15, 0.2) is 0 Å². The van der Waals surface area contributed by atoms with Crippen molar-refractivity contribution in [3.63, 3.8) is 0 Å². The summed E-state index contributed by atoms with van der Waals surface area (Å²) in [6, 6.07) is 1.99. The summed E-state index contributed by atoms with van der Waals surface area (Å²) >= 11 is 0. The molecule has 0 spiro atoms. The van der Waals surface area contributed by atoms with Gasteiger partial charge in [0.25, 0.3) is 0 Å². The maximum Gasteiger partial charge on any atom is 0.117 e. The number of nitrogens with zero attached hydrogens (tertiary/aromatic N) is 1. The lowest BCUT2D eigenvalue weighted by Crippen LogP contribution is -2.00. The summed E-state index contributed by atoms with van der Waals surface area (Å²) in [6.45, 7) is 0. The molecule has 2 nitrogen and oxygen atoms in total. The van der Waals surface area contributed by atoms with E-state index in [2.05, 4.69) is 5.32 Å². The van der Waals surface area contributed by atoms with E-state index < -0.39 is 0 Å². The van der Waals surface area contributed by atoms with Crippen LogP contribution in [0.25, 0.3) is 0 Å². The van der Waals surface area contributed by atoms with E-state index in [4.69, 9.17) is 5.26 Å². The molecule has 2 heteroatoms. The predicted octanol–water partition coefficient (Wildman–Crippen LogP) is 1.07. The van der Waals surface area contributed by atoms with E-state index >= 15 is 0 Å². The Labute approximate surface area is 53.8 Å². The van der Waals surface area contributed by atoms with E-state index in [-0.39, 0.29) is 0 Å². The Morgan fingerprint density at radius 2 is 2.22 bits per heavy atom. The summed E-state index contributed by atoms with van der Waals surface area (Å²) in [5.74, 6) is 0. The van der Waals surface area contributed by atoms with Crippen molar-refractivity contribution < 1.29 is 0 Å². The van der Waals surface area contributed by atoms with E-state index in [1.165, 1.54) is 0 Å². The largest absolute Gasteiger partial charge is 0.353 e. The van der Waals surface area contributed by atoms with Crippen molar-refractivity contribution in [3.8, 4) is 6.07 Å². The second kappa shape index (κ2) is 2.73. The van der Waals surface area contributed by atoms with Gasteiger partial charge in [0.1, 0.15) is 11.8 Å². The Kier molecular flexibility index (Phi) is 1.71. The van der Waals surface area contributed by atoms with E-state index in [9.17, 15) is 0 Å². The minimum Gasteiger partial charge on any atom is -0.353 e. The predicted molar refractivity (Wildman–Crippen MR) is 35.1 cm³/mol. The molecule has 0 aliphatic carbocycles. The quantitative estimate of drug-likeness (QED) is 0.516. The molecule has 1 aliphatic rings. The molecule has 0 fully saturated rings. The molecule has 0 unspecified atom stereocenters. The van der Waals surface area contributed by atoms with Gasteiger partial charge in [-0.2, -0.15) is 5.26 Å². The zero-order chi connectivity index (χ0) is 6.53. The van der Waals surface area contributed by atoms with Crippen LogP contribution in [0, 0.1) is 11.3 Å². The first-order chi connectivity index (χ1) is 4.43. The summed E-state index contributed by atoms with van der Waals surface area (Å²) in [4.78, 5) is 0. The number of hydrogen-bond acceptors (Lipinski definition) is 2. The van der Waals surface area contributed by atoms with Crippen LogP contribution in [0.15, 0.2) is 36.2 Å². The molecule has 1 rings (SSSR count). The highest BCUT2D eigenvalue weighted by molar-refractivity contribution is 5.29. The van der Waals surface area contributed by atoms with Crippen molar-refractivity contribution in [1.29, 1.82) is 5.26 Å². The van der Waals surface area contributed by atoms with Crippen LogP contribution in [0.3, 0.4) is 0 Å². The average Bonchev–Trinajstić information content (AvgIpc) is 2.13. The molecule has 0 bridgehead atoms. The van der Waals surface area contributed by atoms with E-state index in [1.54, 1.807) is 12.3 Å². The van der Waals surface area contributed by atoms with E-state index in [0.29, 0.717) is 5.70 Å². The van der Waals surface area contributed by atoms with Crippen LogP contribution in [-0.2, 0) is 0 Å². The molecule has 0 aromatic carbocycles. The molecule has 44 valence electrons. The van der Waals surface area contributed by atoms with Crippen molar-refractivity contribution in [3.05, 3.63) is 36.2 Å². The summed E-state index contributed by atoms with van der Waals surface area (Å²) in [7, 11) is 0. The van der Waals surface area contributed by atoms with Crippen molar-refractivity contribution >= 4 is 0 Å². The molecule has 1 aliphatic heterocycles. The lowest BCUT2D eigenvalue weighted by Gasteiger charge is -1.89. The number of rotatable bonds is 0. The Balaban J connectivity index is 2.77. The fraction of sp³-hybridized carbons (Fsp3) is 0. The van der Waals surface area contributed by atoms with E-state index in [1.807, 2.05) is 24.3 Å². The second-order valence-corrected chi connectivity index (χ2v) is 1.58. The molecule has 1 N–H and O–H groups in total. The number of allylic oxidation sites excluding steroid dienone is 5. The molecule has 0 atom stereocenters. The Morgan fingerprint density at radius 3 is 3.00 bits per heavy atom. The van der Waals surface area contributed by atoms with Gasteiger partial charge in [0.05, 0.1) is 0 Å². The Hall–Kier alpha value is -1.49. The van der Waals surface area contributed by atoms with Gasteiger partial charge in [-0.1, -0.05) is 12.2 Å². The number of hydrogen-bond donors (Lipinski definition) is 1. The fourth-order valence-corrected chi connectivity index (χ4v) is 0.527. The van der Waals surface area contributed by atoms with Crippen LogP contribution < -0.4 is 5.32 Å². The zero-order valence-electron chi connectivity index (χ0n) is 4.83. The third kappa shape index (κ3) is 1.46. The molecule has 0 aromatic heterocycles. The summed E-state index contributed by atoms with van der Waals surface area (Å²) < 4.78 is 0. The number of nitriles is 1. The summed E-state index contributed by atoms with van der Waals surface area (Å²) in [5, 5.41) is 11.2. The van der Waals surface area contributed by atoms with E-state index in [0.717, 1.165) is 0 Å². The third-order valence-electron chi connectivity index (χ3n) is 0.941. The molecule has 1 heterocycles. The maximum absolute atomic E-state index is 8.37. The monoisotopic (exact) mass is 118 g/mol. The SMILES string of the molecule is N#CC1=CC=CC=CN1. The number of nitrogens with one attached hydrogen (secondary N) is 1. The average molecular weight is 118 g/mol. The van der Waals surface area contributed by atoms with Gasteiger partial charge in [0, 0.05) is 6.20 Å². The normalized spacial score (nSPS) is 15.2. The lowest BCUT2D eigenvalue weighted by molar-refractivity contribution is 1.12. The van der Waals surface area contributed by atoms with Gasteiger partial charge in [0.2, 0.25) is 0 Å². The van der Waals surface area contributed by atoms with Crippen LogP contribution in [0.2, 0.25) is 0 Å². The molecule has 0 amide bonds. The molecule has 0 radical (unpaired) electrons. The minimum absolute atomic E-state index is 0.569. The van der Waals surface area contributed by atoms with Crippen LogP contribution >= 0.6 is 0 Å². The van der Waals surface area contributed by atoms with Crippen LogP contribution in [0.5, 0.6) is 0 Å². The molecular weight excluding hydrogens is 112 g/mol. The van der Waals surface area contributed by atoms with Crippen LogP contribution in [0.1, 0.15) is 0 Å². The van der Waals surface area contributed by atoms with Crippen molar-refractivity contribution in [2.24, 2.45) is 0 Å². The van der Waals surface area contributed by atoms with Crippen molar-refractivity contribution in [2.45, 2.75) is 0 Å². The topological polar surface area (TPSA) is 35.8 Å². The minimum atomic E-state index is 0.569. The molecule has 0 saturated heterocycles. The highest BCUT2D eigenvalue weighted by atomic mass is 14.8. The van der Waals surface area contributed by atoms with Crippen molar-refractivity contribution in [2.75, 3.05) is 0 Å². The van der Waals surface area contributed by atoms with Gasteiger partial charge >= 0.3 is 0 Å².